The first-order valence-corrected chi connectivity index (χ1v) is 11.6. The van der Waals surface area contributed by atoms with Crippen LogP contribution in [0.2, 0.25) is 0 Å². The van der Waals surface area contributed by atoms with Crippen molar-refractivity contribution in [3.63, 3.8) is 0 Å². The molecule has 2 unspecified atom stereocenters. The quantitative estimate of drug-likeness (QED) is 0.415. The molecule has 2 atom stereocenters. The van der Waals surface area contributed by atoms with Crippen molar-refractivity contribution >= 4 is 11.8 Å². The van der Waals surface area contributed by atoms with Gasteiger partial charge >= 0.3 is 0 Å². The van der Waals surface area contributed by atoms with E-state index in [1.165, 1.54) is 5.56 Å². The zero-order chi connectivity index (χ0) is 21.4. The van der Waals surface area contributed by atoms with E-state index in [-0.39, 0.29) is 5.92 Å². The SMILES string of the molecule is COCCCSc1ccc(C#CC2(O)CN(C)CCC2C)c(Cc2ccccc2)n1. The van der Waals surface area contributed by atoms with Crippen LogP contribution in [0, 0.1) is 17.8 Å². The van der Waals surface area contributed by atoms with Gasteiger partial charge in [-0.15, -0.1) is 11.8 Å². The van der Waals surface area contributed by atoms with Gasteiger partial charge in [0, 0.05) is 38.0 Å². The molecule has 30 heavy (non-hydrogen) atoms. The Labute approximate surface area is 185 Å². The van der Waals surface area contributed by atoms with Crippen molar-refractivity contribution in [2.45, 2.75) is 36.8 Å². The number of β-amino-alcohol motifs (C(OH)–C–C–N with tert-alkyl or cyclic N) is 1. The van der Waals surface area contributed by atoms with Gasteiger partial charge in [0.05, 0.1) is 10.7 Å². The molecule has 1 aliphatic rings. The molecule has 5 heteroatoms. The summed E-state index contributed by atoms with van der Waals surface area (Å²) in [6.07, 6.45) is 2.68. The van der Waals surface area contributed by atoms with Gasteiger partial charge in [0.25, 0.3) is 0 Å². The van der Waals surface area contributed by atoms with Gasteiger partial charge in [-0.1, -0.05) is 49.1 Å². The van der Waals surface area contributed by atoms with Crippen molar-refractivity contribution in [2.75, 3.05) is 39.6 Å². The van der Waals surface area contributed by atoms with Crippen LogP contribution >= 0.6 is 11.8 Å². The lowest BCUT2D eigenvalue weighted by Gasteiger charge is -2.38. The molecule has 1 saturated heterocycles. The summed E-state index contributed by atoms with van der Waals surface area (Å²) in [7, 11) is 3.77. The summed E-state index contributed by atoms with van der Waals surface area (Å²) >= 11 is 1.74. The molecule has 2 aromatic rings. The number of likely N-dealkylation sites (tertiary alicyclic amines) is 1. The molecule has 0 radical (unpaired) electrons. The van der Waals surface area contributed by atoms with Gasteiger partial charge in [-0.2, -0.15) is 0 Å². The lowest BCUT2D eigenvalue weighted by atomic mass is 9.83. The van der Waals surface area contributed by atoms with Crippen LogP contribution in [0.5, 0.6) is 0 Å². The first-order valence-electron chi connectivity index (χ1n) is 10.6. The minimum absolute atomic E-state index is 0.155. The molecule has 1 aromatic heterocycles. The second-order valence-electron chi connectivity index (χ2n) is 8.10. The number of thioether (sulfide) groups is 1. The maximum atomic E-state index is 11.1. The number of likely N-dealkylation sites (N-methyl/N-ethyl adjacent to an activating group) is 1. The summed E-state index contributed by atoms with van der Waals surface area (Å²) in [6, 6.07) is 14.4. The number of nitrogens with zero attached hydrogens (tertiary/aromatic N) is 2. The molecule has 1 aromatic carbocycles. The van der Waals surface area contributed by atoms with Crippen LogP contribution in [0.25, 0.3) is 0 Å². The predicted octanol–water partition coefficient (Wildman–Crippen LogP) is 3.86. The van der Waals surface area contributed by atoms with Gasteiger partial charge in [-0.3, -0.25) is 0 Å². The number of aromatic nitrogens is 1. The van der Waals surface area contributed by atoms with E-state index in [0.29, 0.717) is 6.54 Å². The third kappa shape index (κ3) is 6.33. The monoisotopic (exact) mass is 424 g/mol. The van der Waals surface area contributed by atoms with Crippen molar-refractivity contribution in [2.24, 2.45) is 5.92 Å². The van der Waals surface area contributed by atoms with Gasteiger partial charge in [0.15, 0.2) is 0 Å². The number of rotatable bonds is 7. The Morgan fingerprint density at radius 2 is 2.07 bits per heavy atom. The van der Waals surface area contributed by atoms with Crippen LogP contribution < -0.4 is 0 Å². The van der Waals surface area contributed by atoms with E-state index in [1.54, 1.807) is 18.9 Å². The van der Waals surface area contributed by atoms with E-state index in [1.807, 2.05) is 31.3 Å². The number of pyridine rings is 1. The summed E-state index contributed by atoms with van der Waals surface area (Å²) in [5, 5.41) is 12.1. The Balaban J connectivity index is 1.85. The molecule has 160 valence electrons. The Hall–Kier alpha value is -1.84. The molecule has 1 fully saturated rings. The second-order valence-corrected chi connectivity index (χ2v) is 9.22. The first-order chi connectivity index (χ1) is 14.5. The summed E-state index contributed by atoms with van der Waals surface area (Å²) in [5.74, 6) is 7.61. The topological polar surface area (TPSA) is 45.6 Å². The van der Waals surface area contributed by atoms with E-state index < -0.39 is 5.60 Å². The number of piperidine rings is 1. The third-order valence-electron chi connectivity index (χ3n) is 5.59. The highest BCUT2D eigenvalue weighted by molar-refractivity contribution is 7.99. The molecule has 0 aliphatic carbocycles. The van der Waals surface area contributed by atoms with E-state index >= 15 is 0 Å². The Kier molecular flexibility index (Phi) is 8.35. The van der Waals surface area contributed by atoms with Crippen molar-refractivity contribution in [1.82, 2.24) is 9.88 Å². The summed E-state index contributed by atoms with van der Waals surface area (Å²) in [4.78, 5) is 7.06. The second kappa shape index (κ2) is 11.0. The molecule has 0 bridgehead atoms. The van der Waals surface area contributed by atoms with Crippen LogP contribution in [0.1, 0.15) is 36.6 Å². The van der Waals surface area contributed by atoms with Crippen LogP contribution in [0.15, 0.2) is 47.5 Å². The maximum absolute atomic E-state index is 11.1. The first kappa shape index (κ1) is 22.8. The highest BCUT2D eigenvalue weighted by atomic mass is 32.2. The van der Waals surface area contributed by atoms with Crippen LogP contribution in [-0.4, -0.2) is 60.2 Å². The maximum Gasteiger partial charge on any atom is 0.140 e. The highest BCUT2D eigenvalue weighted by Gasteiger charge is 2.36. The highest BCUT2D eigenvalue weighted by Crippen LogP contribution is 2.27. The number of hydrogen-bond acceptors (Lipinski definition) is 5. The Bertz CT molecular complexity index is 878. The molecule has 3 rings (SSSR count). The average molecular weight is 425 g/mol. The van der Waals surface area contributed by atoms with Crippen LogP contribution in [-0.2, 0) is 11.2 Å². The molecule has 0 spiro atoms. The molecule has 1 aliphatic heterocycles. The predicted molar refractivity (Wildman–Crippen MR) is 124 cm³/mol. The van der Waals surface area contributed by atoms with E-state index in [2.05, 4.69) is 41.9 Å². The molecule has 4 nitrogen and oxygen atoms in total. The fraction of sp³-hybridized carbons (Fsp3) is 0.480. The fourth-order valence-electron chi connectivity index (χ4n) is 3.62. The summed E-state index contributed by atoms with van der Waals surface area (Å²) in [6.45, 7) is 4.43. The lowest BCUT2D eigenvalue weighted by molar-refractivity contribution is -0.0173. The zero-order valence-corrected chi connectivity index (χ0v) is 19.0. The number of methoxy groups -OCH3 is 1. The van der Waals surface area contributed by atoms with Gasteiger partial charge in [0.2, 0.25) is 0 Å². The molecule has 2 heterocycles. The number of hydrogen-bond donors (Lipinski definition) is 1. The summed E-state index contributed by atoms with van der Waals surface area (Å²) < 4.78 is 5.14. The molecule has 0 amide bonds. The van der Waals surface area contributed by atoms with E-state index in [9.17, 15) is 5.11 Å². The van der Waals surface area contributed by atoms with Crippen molar-refractivity contribution < 1.29 is 9.84 Å². The molecular formula is C25H32N2O2S. The third-order valence-corrected chi connectivity index (χ3v) is 6.61. The van der Waals surface area contributed by atoms with Gasteiger partial charge in [0.1, 0.15) is 5.60 Å². The minimum atomic E-state index is -0.982. The number of benzene rings is 1. The van der Waals surface area contributed by atoms with Gasteiger partial charge in [-0.05, 0) is 50.0 Å². The number of ether oxygens (including phenoxy) is 1. The minimum Gasteiger partial charge on any atom is -0.385 e. The fourth-order valence-corrected chi connectivity index (χ4v) is 4.43. The average Bonchev–Trinajstić information content (AvgIpc) is 2.74. The number of aliphatic hydroxyl groups is 1. The standard InChI is InChI=1S/C25H32N2O2S/c1-20-13-15-27(2)19-25(20,28)14-12-22-10-11-24(30-17-7-16-29-3)26-23(22)18-21-8-5-4-6-9-21/h4-6,8-11,20,28H,7,13,15-19H2,1-3H3. The molecule has 1 N–H and O–H groups in total. The van der Waals surface area contributed by atoms with E-state index in [4.69, 9.17) is 9.72 Å². The zero-order valence-electron chi connectivity index (χ0n) is 18.2. The lowest BCUT2D eigenvalue weighted by Crippen LogP contribution is -2.50. The van der Waals surface area contributed by atoms with Crippen LogP contribution in [0.3, 0.4) is 0 Å². The summed E-state index contributed by atoms with van der Waals surface area (Å²) in [5.41, 5.74) is 2.09. The van der Waals surface area contributed by atoms with Gasteiger partial charge < -0.3 is 14.7 Å². The van der Waals surface area contributed by atoms with Gasteiger partial charge in [-0.25, -0.2) is 4.98 Å². The largest absolute Gasteiger partial charge is 0.385 e. The van der Waals surface area contributed by atoms with Crippen molar-refractivity contribution in [3.8, 4) is 11.8 Å². The normalized spacial score (nSPS) is 21.8. The Morgan fingerprint density at radius 3 is 2.83 bits per heavy atom. The van der Waals surface area contributed by atoms with Crippen LogP contribution in [0.4, 0.5) is 0 Å². The smallest absolute Gasteiger partial charge is 0.140 e. The van der Waals surface area contributed by atoms with Crippen molar-refractivity contribution in [3.05, 3.63) is 59.3 Å². The van der Waals surface area contributed by atoms with Crippen molar-refractivity contribution in [1.29, 1.82) is 0 Å². The van der Waals surface area contributed by atoms with E-state index in [0.717, 1.165) is 54.5 Å². The molecule has 0 saturated carbocycles. The Morgan fingerprint density at radius 1 is 1.27 bits per heavy atom. The molecular weight excluding hydrogens is 392 g/mol.